The molecule has 0 aliphatic carbocycles. The van der Waals surface area contributed by atoms with Crippen molar-refractivity contribution in [1.29, 1.82) is 0 Å². The fourth-order valence-electron chi connectivity index (χ4n) is 2.29. The molecule has 0 bridgehead atoms. The van der Waals surface area contributed by atoms with Gasteiger partial charge in [0.2, 0.25) is 5.95 Å². The molecular weight excluding hydrogens is 233 g/mol. The molecule has 1 atom stereocenters. The van der Waals surface area contributed by atoms with E-state index in [2.05, 4.69) is 11.9 Å². The lowest BCUT2D eigenvalue weighted by molar-refractivity contribution is 0.153. The van der Waals surface area contributed by atoms with Gasteiger partial charge in [-0.25, -0.2) is 9.37 Å². The second kappa shape index (κ2) is 5.35. The molecule has 0 aliphatic rings. The number of rotatable bonds is 5. The minimum absolute atomic E-state index is 0.135. The van der Waals surface area contributed by atoms with Gasteiger partial charge >= 0.3 is 0 Å². The molecule has 2 N–H and O–H groups in total. The molecule has 0 amide bonds. The van der Waals surface area contributed by atoms with Crippen LogP contribution in [-0.4, -0.2) is 23.3 Å². The van der Waals surface area contributed by atoms with Crippen molar-refractivity contribution < 1.29 is 9.13 Å². The Morgan fingerprint density at radius 2 is 2.28 bits per heavy atom. The van der Waals surface area contributed by atoms with Gasteiger partial charge in [0.05, 0.1) is 23.7 Å². The zero-order chi connectivity index (χ0) is 13.1. The third kappa shape index (κ3) is 2.31. The Kier molecular flexibility index (Phi) is 3.81. The molecule has 4 nitrogen and oxygen atoms in total. The number of halogens is 1. The number of benzene rings is 1. The number of nitrogens with zero attached hydrogens (tertiary/aromatic N) is 2. The van der Waals surface area contributed by atoms with Crippen LogP contribution in [0, 0.1) is 5.82 Å². The second-order valence-corrected chi connectivity index (χ2v) is 4.37. The first-order valence-corrected chi connectivity index (χ1v) is 6.09. The van der Waals surface area contributed by atoms with Crippen molar-refractivity contribution in [2.24, 2.45) is 0 Å². The SMILES string of the molecule is CCCC(COC)n1c(N)nc2cc(F)ccc21. The Bertz CT molecular complexity index is 532. The quantitative estimate of drug-likeness (QED) is 0.889. The number of anilines is 1. The highest BCUT2D eigenvalue weighted by Gasteiger charge is 2.17. The van der Waals surface area contributed by atoms with Crippen LogP contribution in [0.1, 0.15) is 25.8 Å². The standard InChI is InChI=1S/C13H18FN3O/c1-3-4-10(8-18-2)17-12-6-5-9(14)7-11(12)16-13(17)15/h5-7,10H,3-4,8H2,1-2H3,(H2,15,16). The summed E-state index contributed by atoms with van der Waals surface area (Å²) in [5, 5.41) is 0. The first-order chi connectivity index (χ1) is 8.67. The molecule has 0 aliphatic heterocycles. The zero-order valence-corrected chi connectivity index (χ0v) is 10.7. The Hall–Kier alpha value is -1.62. The topological polar surface area (TPSA) is 53.1 Å². The van der Waals surface area contributed by atoms with Gasteiger partial charge in [0.15, 0.2) is 0 Å². The van der Waals surface area contributed by atoms with Gasteiger partial charge in [-0.3, -0.25) is 0 Å². The van der Waals surface area contributed by atoms with E-state index in [4.69, 9.17) is 10.5 Å². The third-order valence-electron chi connectivity index (χ3n) is 3.02. The minimum Gasteiger partial charge on any atom is -0.383 e. The van der Waals surface area contributed by atoms with Crippen LogP contribution in [0.3, 0.4) is 0 Å². The highest BCUT2D eigenvalue weighted by atomic mass is 19.1. The lowest BCUT2D eigenvalue weighted by atomic mass is 10.1. The van der Waals surface area contributed by atoms with E-state index >= 15 is 0 Å². The Morgan fingerprint density at radius 3 is 2.94 bits per heavy atom. The number of imidazole rings is 1. The van der Waals surface area contributed by atoms with Crippen LogP contribution in [0.15, 0.2) is 18.2 Å². The van der Waals surface area contributed by atoms with Crippen LogP contribution in [0.4, 0.5) is 10.3 Å². The lowest BCUT2D eigenvalue weighted by Gasteiger charge is -2.19. The van der Waals surface area contributed by atoms with E-state index in [-0.39, 0.29) is 11.9 Å². The summed E-state index contributed by atoms with van der Waals surface area (Å²) in [5.41, 5.74) is 7.38. The molecule has 2 aromatic rings. The van der Waals surface area contributed by atoms with Crippen molar-refractivity contribution in [2.45, 2.75) is 25.8 Å². The van der Waals surface area contributed by atoms with E-state index in [1.54, 1.807) is 13.2 Å². The highest BCUT2D eigenvalue weighted by Crippen LogP contribution is 2.26. The van der Waals surface area contributed by atoms with Crippen LogP contribution in [-0.2, 0) is 4.74 Å². The number of hydrogen-bond donors (Lipinski definition) is 1. The molecule has 5 heteroatoms. The van der Waals surface area contributed by atoms with E-state index in [1.165, 1.54) is 12.1 Å². The molecule has 0 radical (unpaired) electrons. The molecule has 98 valence electrons. The Labute approximate surface area is 106 Å². The maximum absolute atomic E-state index is 13.2. The summed E-state index contributed by atoms with van der Waals surface area (Å²) in [5.74, 6) is 0.108. The van der Waals surface area contributed by atoms with Crippen LogP contribution in [0.5, 0.6) is 0 Å². The maximum atomic E-state index is 13.2. The van der Waals surface area contributed by atoms with Crippen LogP contribution in [0.2, 0.25) is 0 Å². The summed E-state index contributed by atoms with van der Waals surface area (Å²) in [7, 11) is 1.66. The normalized spacial score (nSPS) is 13.1. The highest BCUT2D eigenvalue weighted by molar-refractivity contribution is 5.78. The monoisotopic (exact) mass is 251 g/mol. The molecule has 0 saturated carbocycles. The largest absolute Gasteiger partial charge is 0.383 e. The fraction of sp³-hybridized carbons (Fsp3) is 0.462. The van der Waals surface area contributed by atoms with Gasteiger partial charge in [-0.2, -0.15) is 0 Å². The molecule has 1 aromatic carbocycles. The summed E-state index contributed by atoms with van der Waals surface area (Å²) in [6.07, 6.45) is 1.97. The van der Waals surface area contributed by atoms with Crippen molar-refractivity contribution in [3.63, 3.8) is 0 Å². The second-order valence-electron chi connectivity index (χ2n) is 4.37. The molecule has 0 spiro atoms. The predicted octanol–water partition coefficient (Wildman–Crippen LogP) is 2.75. The molecule has 2 rings (SSSR count). The summed E-state index contributed by atoms with van der Waals surface area (Å²) in [6.45, 7) is 2.68. The molecule has 18 heavy (non-hydrogen) atoms. The lowest BCUT2D eigenvalue weighted by Crippen LogP contribution is -2.16. The van der Waals surface area contributed by atoms with Crippen LogP contribution < -0.4 is 5.73 Å². The van der Waals surface area contributed by atoms with Gasteiger partial charge in [-0.05, 0) is 18.6 Å². The van der Waals surface area contributed by atoms with E-state index in [0.29, 0.717) is 18.1 Å². The average Bonchev–Trinajstić information content (AvgIpc) is 2.64. The summed E-state index contributed by atoms with van der Waals surface area (Å²) in [4.78, 5) is 4.20. The van der Waals surface area contributed by atoms with Gasteiger partial charge in [0.25, 0.3) is 0 Å². The summed E-state index contributed by atoms with van der Waals surface area (Å²) < 4.78 is 20.3. The number of aromatic nitrogens is 2. The number of fused-ring (bicyclic) bond motifs is 1. The summed E-state index contributed by atoms with van der Waals surface area (Å²) >= 11 is 0. The first kappa shape index (κ1) is 12.8. The van der Waals surface area contributed by atoms with Crippen LogP contribution in [0.25, 0.3) is 11.0 Å². The number of ether oxygens (including phenoxy) is 1. The van der Waals surface area contributed by atoms with Gasteiger partial charge < -0.3 is 15.0 Å². The number of nitrogens with two attached hydrogens (primary N) is 1. The summed E-state index contributed by atoms with van der Waals surface area (Å²) in [6, 6.07) is 4.68. The van der Waals surface area contributed by atoms with E-state index in [0.717, 1.165) is 18.4 Å². The van der Waals surface area contributed by atoms with Gasteiger partial charge in [0.1, 0.15) is 5.82 Å². The Morgan fingerprint density at radius 1 is 1.50 bits per heavy atom. The van der Waals surface area contributed by atoms with Gasteiger partial charge in [-0.15, -0.1) is 0 Å². The molecule has 1 unspecified atom stereocenters. The van der Waals surface area contributed by atoms with Crippen molar-refractivity contribution in [1.82, 2.24) is 9.55 Å². The van der Waals surface area contributed by atoms with Crippen molar-refractivity contribution in [3.8, 4) is 0 Å². The van der Waals surface area contributed by atoms with E-state index in [1.807, 2.05) is 4.57 Å². The van der Waals surface area contributed by atoms with Crippen LogP contribution >= 0.6 is 0 Å². The van der Waals surface area contributed by atoms with E-state index < -0.39 is 0 Å². The number of hydrogen-bond acceptors (Lipinski definition) is 3. The third-order valence-corrected chi connectivity index (χ3v) is 3.02. The molecule has 0 fully saturated rings. The smallest absolute Gasteiger partial charge is 0.201 e. The Balaban J connectivity index is 2.50. The maximum Gasteiger partial charge on any atom is 0.201 e. The molecule has 1 heterocycles. The van der Waals surface area contributed by atoms with E-state index in [9.17, 15) is 4.39 Å². The zero-order valence-electron chi connectivity index (χ0n) is 10.7. The van der Waals surface area contributed by atoms with Crippen molar-refractivity contribution in [3.05, 3.63) is 24.0 Å². The minimum atomic E-state index is -0.300. The van der Waals surface area contributed by atoms with Crippen molar-refractivity contribution >= 4 is 17.0 Å². The first-order valence-electron chi connectivity index (χ1n) is 6.09. The number of methoxy groups -OCH3 is 1. The fourth-order valence-corrected chi connectivity index (χ4v) is 2.29. The van der Waals surface area contributed by atoms with Gasteiger partial charge in [0, 0.05) is 13.2 Å². The molecule has 0 saturated heterocycles. The van der Waals surface area contributed by atoms with Gasteiger partial charge in [-0.1, -0.05) is 13.3 Å². The average molecular weight is 251 g/mol. The molecule has 1 aromatic heterocycles. The number of nitrogen functional groups attached to an aromatic ring is 1. The molecular formula is C13H18FN3O. The predicted molar refractivity (Wildman–Crippen MR) is 69.9 cm³/mol. The van der Waals surface area contributed by atoms with Crippen molar-refractivity contribution in [2.75, 3.05) is 19.5 Å².